The smallest absolute Gasteiger partial charge is 0.235 e. The Morgan fingerprint density at radius 3 is 2.42 bits per heavy atom. The summed E-state index contributed by atoms with van der Waals surface area (Å²) in [6, 6.07) is 13.6. The van der Waals surface area contributed by atoms with Crippen LogP contribution in [0.2, 0.25) is 0 Å². The highest BCUT2D eigenvalue weighted by Gasteiger charge is 2.35. The molecule has 2 aromatic carbocycles. The van der Waals surface area contributed by atoms with Crippen LogP contribution in [0.15, 0.2) is 42.5 Å². The van der Waals surface area contributed by atoms with E-state index in [1.807, 2.05) is 36.4 Å². The molecule has 5 rings (SSSR count). The van der Waals surface area contributed by atoms with E-state index in [4.69, 9.17) is 10.5 Å². The number of methoxy groups -OCH3 is 1. The van der Waals surface area contributed by atoms with Gasteiger partial charge in [-0.05, 0) is 55.9 Å². The zero-order valence-electron chi connectivity index (χ0n) is 17.8. The third-order valence-corrected chi connectivity index (χ3v) is 8.48. The Morgan fingerprint density at radius 2 is 1.77 bits per heavy atom. The molecule has 0 radical (unpaired) electrons. The number of nitrogens with one attached hydrogen (secondary N) is 1. The van der Waals surface area contributed by atoms with Gasteiger partial charge in [-0.3, -0.25) is 4.72 Å². The minimum Gasteiger partial charge on any atom is -0.497 e. The number of nitrogens with zero attached hydrogens (tertiary/aromatic N) is 1. The molecule has 0 bridgehead atoms. The summed E-state index contributed by atoms with van der Waals surface area (Å²) >= 11 is 0. The number of nitrogens with two attached hydrogens (primary N) is 1. The van der Waals surface area contributed by atoms with Crippen molar-refractivity contribution in [2.24, 2.45) is 5.92 Å². The lowest BCUT2D eigenvalue weighted by atomic mass is 10.1. The van der Waals surface area contributed by atoms with E-state index < -0.39 is 10.0 Å². The van der Waals surface area contributed by atoms with Crippen LogP contribution in [0.4, 0.5) is 11.4 Å². The molecule has 0 saturated heterocycles. The highest BCUT2D eigenvalue weighted by Crippen LogP contribution is 2.40. The second kappa shape index (κ2) is 7.79. The molecule has 0 aliphatic heterocycles. The van der Waals surface area contributed by atoms with Gasteiger partial charge in [0.05, 0.1) is 29.3 Å². The Labute approximate surface area is 183 Å². The lowest BCUT2D eigenvalue weighted by Gasteiger charge is -2.17. The third-order valence-electron chi connectivity index (χ3n) is 6.61. The molecule has 1 aromatic heterocycles. The van der Waals surface area contributed by atoms with Crippen LogP contribution in [0.25, 0.3) is 22.2 Å². The Bertz CT molecular complexity index is 1210. The number of ether oxygens (including phenoxy) is 1. The maximum atomic E-state index is 12.2. The van der Waals surface area contributed by atoms with Crippen molar-refractivity contribution in [2.45, 2.75) is 50.3 Å². The fraction of sp³-hybridized carbons (Fsp3) is 0.417. The molecule has 164 valence electrons. The number of aromatic nitrogens is 1. The third kappa shape index (κ3) is 3.87. The Hall–Kier alpha value is -2.67. The highest BCUT2D eigenvalue weighted by atomic mass is 32.2. The van der Waals surface area contributed by atoms with Gasteiger partial charge in [-0.2, -0.15) is 0 Å². The van der Waals surface area contributed by atoms with Crippen LogP contribution in [-0.2, 0) is 16.6 Å². The zero-order chi connectivity index (χ0) is 21.6. The number of rotatable bonds is 7. The van der Waals surface area contributed by atoms with Gasteiger partial charge in [-0.25, -0.2) is 8.42 Å². The Morgan fingerprint density at radius 1 is 1.06 bits per heavy atom. The molecular formula is C24H29N3O3S. The van der Waals surface area contributed by atoms with Gasteiger partial charge >= 0.3 is 0 Å². The standard InChI is InChI=1S/C24H29N3O3S/c1-30-19-10-13-21-22(14-19)27(15-16-4-2-3-5-16)24(23(21)25)17-6-8-18(9-7-17)26-31(28,29)20-11-12-20/h6-10,13-14,16,20,26H,2-5,11-12,15,25H2,1H3. The molecule has 6 nitrogen and oxygen atoms in total. The maximum Gasteiger partial charge on any atom is 0.235 e. The van der Waals surface area contributed by atoms with Crippen LogP contribution in [-0.4, -0.2) is 25.3 Å². The molecular weight excluding hydrogens is 410 g/mol. The second-order valence-electron chi connectivity index (χ2n) is 8.83. The molecule has 3 N–H and O–H groups in total. The predicted molar refractivity (Wildman–Crippen MR) is 126 cm³/mol. The van der Waals surface area contributed by atoms with E-state index >= 15 is 0 Å². The van der Waals surface area contributed by atoms with Gasteiger partial charge in [0.15, 0.2) is 0 Å². The zero-order valence-corrected chi connectivity index (χ0v) is 18.6. The average Bonchev–Trinajstić information content (AvgIpc) is 3.46. The van der Waals surface area contributed by atoms with Gasteiger partial charge in [0.1, 0.15) is 5.75 Å². The van der Waals surface area contributed by atoms with E-state index in [0.29, 0.717) is 11.6 Å². The fourth-order valence-electron chi connectivity index (χ4n) is 4.76. The van der Waals surface area contributed by atoms with Gasteiger partial charge in [-0.1, -0.05) is 25.0 Å². The molecule has 2 aliphatic rings. The Kier molecular flexibility index (Phi) is 5.08. The number of sulfonamides is 1. The first-order valence-corrected chi connectivity index (χ1v) is 12.6. The molecule has 1 heterocycles. The summed E-state index contributed by atoms with van der Waals surface area (Å²) in [5.41, 5.74) is 11.1. The molecule has 0 atom stereocenters. The summed E-state index contributed by atoms with van der Waals surface area (Å²) in [6.07, 6.45) is 6.54. The van der Waals surface area contributed by atoms with E-state index in [2.05, 4.69) is 15.4 Å². The average molecular weight is 440 g/mol. The minimum atomic E-state index is -3.27. The van der Waals surface area contributed by atoms with Crippen molar-refractivity contribution in [3.05, 3.63) is 42.5 Å². The van der Waals surface area contributed by atoms with Crippen LogP contribution in [0, 0.1) is 5.92 Å². The van der Waals surface area contributed by atoms with Crippen molar-refractivity contribution in [1.82, 2.24) is 4.57 Å². The summed E-state index contributed by atoms with van der Waals surface area (Å²) in [4.78, 5) is 0. The van der Waals surface area contributed by atoms with Gasteiger partial charge < -0.3 is 15.0 Å². The topological polar surface area (TPSA) is 86.3 Å². The van der Waals surface area contributed by atoms with Crippen LogP contribution in [0.3, 0.4) is 0 Å². The first kappa shape index (κ1) is 20.2. The lowest BCUT2D eigenvalue weighted by molar-refractivity contribution is 0.415. The monoisotopic (exact) mass is 439 g/mol. The first-order chi connectivity index (χ1) is 15.0. The summed E-state index contributed by atoms with van der Waals surface area (Å²) in [5.74, 6) is 1.46. The molecule has 0 spiro atoms. The van der Waals surface area contributed by atoms with Crippen LogP contribution >= 0.6 is 0 Å². The van der Waals surface area contributed by atoms with E-state index in [0.717, 1.165) is 53.0 Å². The van der Waals surface area contributed by atoms with Gasteiger partial charge in [0.2, 0.25) is 10.0 Å². The van der Waals surface area contributed by atoms with Gasteiger partial charge in [0, 0.05) is 29.2 Å². The highest BCUT2D eigenvalue weighted by molar-refractivity contribution is 7.93. The summed E-state index contributed by atoms with van der Waals surface area (Å²) in [7, 11) is -1.59. The van der Waals surface area contributed by atoms with E-state index in [1.54, 1.807) is 7.11 Å². The van der Waals surface area contributed by atoms with Gasteiger partial charge in [0.25, 0.3) is 0 Å². The molecule has 2 fully saturated rings. The van der Waals surface area contributed by atoms with E-state index in [9.17, 15) is 8.42 Å². The lowest BCUT2D eigenvalue weighted by Crippen LogP contribution is -2.17. The fourth-order valence-corrected chi connectivity index (χ4v) is 6.15. The number of anilines is 2. The van der Waals surface area contributed by atoms with Crippen LogP contribution < -0.4 is 15.2 Å². The molecule has 7 heteroatoms. The number of fused-ring (bicyclic) bond motifs is 1. The van der Waals surface area contributed by atoms with Crippen molar-refractivity contribution in [3.63, 3.8) is 0 Å². The van der Waals surface area contributed by atoms with Crippen LogP contribution in [0.1, 0.15) is 38.5 Å². The largest absolute Gasteiger partial charge is 0.497 e. The number of hydrogen-bond acceptors (Lipinski definition) is 4. The van der Waals surface area contributed by atoms with Crippen molar-refractivity contribution in [1.29, 1.82) is 0 Å². The predicted octanol–water partition coefficient (Wildman–Crippen LogP) is 4.99. The normalized spacial score (nSPS) is 17.3. The first-order valence-electron chi connectivity index (χ1n) is 11.0. The summed E-state index contributed by atoms with van der Waals surface area (Å²) in [5, 5.41) is 0.777. The maximum absolute atomic E-state index is 12.2. The molecule has 0 unspecified atom stereocenters. The quantitative estimate of drug-likeness (QED) is 0.543. The minimum absolute atomic E-state index is 0.244. The molecule has 2 saturated carbocycles. The summed E-state index contributed by atoms with van der Waals surface area (Å²) < 4.78 is 35.0. The van der Waals surface area contributed by atoms with Crippen molar-refractivity contribution in [3.8, 4) is 17.0 Å². The summed E-state index contributed by atoms with van der Waals surface area (Å²) in [6.45, 7) is 0.923. The van der Waals surface area contributed by atoms with E-state index in [-0.39, 0.29) is 5.25 Å². The Balaban J connectivity index is 1.55. The van der Waals surface area contributed by atoms with Crippen LogP contribution in [0.5, 0.6) is 5.75 Å². The SMILES string of the molecule is COc1ccc2c(N)c(-c3ccc(NS(=O)(=O)C4CC4)cc3)n(CC3CCCC3)c2c1. The van der Waals surface area contributed by atoms with Gasteiger partial charge in [-0.15, -0.1) is 0 Å². The van der Waals surface area contributed by atoms with Crippen molar-refractivity contribution >= 4 is 32.3 Å². The van der Waals surface area contributed by atoms with Crippen molar-refractivity contribution < 1.29 is 13.2 Å². The second-order valence-corrected chi connectivity index (χ2v) is 10.8. The number of nitrogen functional groups attached to an aromatic ring is 1. The molecule has 3 aromatic rings. The molecule has 31 heavy (non-hydrogen) atoms. The number of benzene rings is 2. The van der Waals surface area contributed by atoms with E-state index in [1.165, 1.54) is 25.7 Å². The number of hydrogen-bond donors (Lipinski definition) is 2. The molecule has 2 aliphatic carbocycles. The molecule has 0 amide bonds. The van der Waals surface area contributed by atoms with Crippen molar-refractivity contribution in [2.75, 3.05) is 17.6 Å².